The molecule has 0 radical (unpaired) electrons. The van der Waals surface area contributed by atoms with E-state index in [4.69, 9.17) is 11.6 Å². The molecule has 6 heteroatoms. The number of halogens is 2. The molecule has 0 unspecified atom stereocenters. The number of hydrogen-bond donors (Lipinski definition) is 1. The van der Waals surface area contributed by atoms with Crippen LogP contribution in [-0.4, -0.2) is 29.3 Å². The van der Waals surface area contributed by atoms with E-state index in [2.05, 4.69) is 5.32 Å². The lowest BCUT2D eigenvalue weighted by molar-refractivity contribution is -0.139. The Hall–Kier alpha value is -3.18. The maximum absolute atomic E-state index is 13.8. The Bertz CT molecular complexity index is 1110. The zero-order chi connectivity index (χ0) is 24.1. The molecule has 4 rings (SSSR count). The molecule has 4 nitrogen and oxygen atoms in total. The van der Waals surface area contributed by atoms with Gasteiger partial charge in [-0.2, -0.15) is 0 Å². The number of nitrogens with zero attached hydrogens (tertiary/aromatic N) is 1. The van der Waals surface area contributed by atoms with Crippen molar-refractivity contribution in [2.75, 3.05) is 6.54 Å². The van der Waals surface area contributed by atoms with Crippen LogP contribution in [0.4, 0.5) is 4.39 Å². The molecule has 0 aliphatic carbocycles. The molecular weight excluding hydrogens is 451 g/mol. The van der Waals surface area contributed by atoms with E-state index < -0.39 is 17.3 Å². The maximum Gasteiger partial charge on any atom is 0.243 e. The Morgan fingerprint density at radius 1 is 1.03 bits per heavy atom. The first-order chi connectivity index (χ1) is 16.4. The van der Waals surface area contributed by atoms with Crippen LogP contribution in [0.2, 0.25) is 5.02 Å². The largest absolute Gasteiger partial charge is 0.350 e. The third-order valence-electron chi connectivity index (χ3n) is 6.56. The lowest BCUT2D eigenvalue weighted by Gasteiger charge is -2.28. The van der Waals surface area contributed by atoms with E-state index in [0.29, 0.717) is 31.4 Å². The van der Waals surface area contributed by atoms with Gasteiger partial charge in [-0.3, -0.25) is 9.59 Å². The van der Waals surface area contributed by atoms with Gasteiger partial charge in [-0.15, -0.1) is 0 Å². The summed E-state index contributed by atoms with van der Waals surface area (Å²) < 4.78 is 13.4. The van der Waals surface area contributed by atoms with Crippen molar-refractivity contribution < 1.29 is 14.0 Å². The Morgan fingerprint density at radius 2 is 1.62 bits per heavy atom. The van der Waals surface area contributed by atoms with Gasteiger partial charge < -0.3 is 10.2 Å². The molecule has 0 bridgehead atoms. The molecule has 1 heterocycles. The van der Waals surface area contributed by atoms with Gasteiger partial charge >= 0.3 is 0 Å². The first-order valence-electron chi connectivity index (χ1n) is 11.5. The van der Waals surface area contributed by atoms with Crippen LogP contribution in [0.25, 0.3) is 0 Å². The summed E-state index contributed by atoms with van der Waals surface area (Å²) in [5.41, 5.74) is 2.06. The topological polar surface area (TPSA) is 49.4 Å². The van der Waals surface area contributed by atoms with Crippen molar-refractivity contribution in [1.29, 1.82) is 0 Å². The second-order valence-corrected chi connectivity index (χ2v) is 9.28. The lowest BCUT2D eigenvalue weighted by Crippen LogP contribution is -2.44. The summed E-state index contributed by atoms with van der Waals surface area (Å²) >= 11 is 6.12. The van der Waals surface area contributed by atoms with E-state index in [9.17, 15) is 14.0 Å². The van der Waals surface area contributed by atoms with Crippen molar-refractivity contribution in [3.05, 3.63) is 106 Å². The van der Waals surface area contributed by atoms with E-state index in [1.807, 2.05) is 67.6 Å². The van der Waals surface area contributed by atoms with E-state index in [1.165, 1.54) is 12.1 Å². The van der Waals surface area contributed by atoms with Crippen molar-refractivity contribution in [1.82, 2.24) is 10.2 Å². The first kappa shape index (κ1) is 24.0. The van der Waals surface area contributed by atoms with Gasteiger partial charge in [0.25, 0.3) is 0 Å². The number of rotatable bonds is 8. The summed E-state index contributed by atoms with van der Waals surface area (Å²) in [4.78, 5) is 28.8. The number of likely N-dealkylation sites (tertiary alicyclic amines) is 1. The molecule has 0 saturated carbocycles. The summed E-state index contributed by atoms with van der Waals surface area (Å²) in [6, 6.07) is 23.4. The standard InChI is InChI=1S/C28H28ClFN2O2/c1-2-32-25(26(33)31-19-22-13-14-23(30)15-24(22)29)18-28(27(32)34,16-20-9-5-3-6-10-20)17-21-11-7-4-8-12-21/h3-15,25H,2,16-19H2,1H3,(H,31,33)/t25-/m0/s1. The molecule has 1 aliphatic rings. The van der Waals surface area contributed by atoms with Crippen LogP contribution in [0.3, 0.4) is 0 Å². The molecular formula is C28H28ClFN2O2. The van der Waals surface area contributed by atoms with E-state index in [0.717, 1.165) is 11.1 Å². The van der Waals surface area contributed by atoms with Crippen molar-refractivity contribution in [3.63, 3.8) is 0 Å². The summed E-state index contributed by atoms with van der Waals surface area (Å²) in [6.45, 7) is 2.51. The van der Waals surface area contributed by atoms with Crippen LogP contribution in [0.1, 0.15) is 30.0 Å². The van der Waals surface area contributed by atoms with E-state index in [-0.39, 0.29) is 23.4 Å². The second-order valence-electron chi connectivity index (χ2n) is 8.87. The number of carbonyl (C=O) groups excluding carboxylic acids is 2. The third-order valence-corrected chi connectivity index (χ3v) is 6.91. The highest BCUT2D eigenvalue weighted by Gasteiger charge is 2.53. The average molecular weight is 479 g/mol. The van der Waals surface area contributed by atoms with Crippen LogP contribution >= 0.6 is 11.6 Å². The second kappa shape index (κ2) is 10.4. The minimum absolute atomic E-state index is 0.00247. The highest BCUT2D eigenvalue weighted by molar-refractivity contribution is 6.31. The Morgan fingerprint density at radius 3 is 2.15 bits per heavy atom. The zero-order valence-electron chi connectivity index (χ0n) is 19.1. The van der Waals surface area contributed by atoms with Crippen LogP contribution in [-0.2, 0) is 29.0 Å². The fourth-order valence-corrected chi connectivity index (χ4v) is 5.14. The molecule has 34 heavy (non-hydrogen) atoms. The number of hydrogen-bond acceptors (Lipinski definition) is 2. The number of benzene rings is 3. The predicted octanol–water partition coefficient (Wildman–Crippen LogP) is 5.19. The van der Waals surface area contributed by atoms with Crippen molar-refractivity contribution in [2.24, 2.45) is 5.41 Å². The SMILES string of the molecule is CCN1C(=O)C(Cc2ccccc2)(Cc2ccccc2)C[C@H]1C(=O)NCc1ccc(F)cc1Cl. The van der Waals surface area contributed by atoms with Gasteiger partial charge in [-0.05, 0) is 55.0 Å². The van der Waals surface area contributed by atoms with Gasteiger partial charge in [0.1, 0.15) is 11.9 Å². The Balaban J connectivity index is 1.59. The molecule has 1 fully saturated rings. The maximum atomic E-state index is 13.8. The lowest BCUT2D eigenvalue weighted by atomic mass is 9.74. The smallest absolute Gasteiger partial charge is 0.243 e. The summed E-state index contributed by atoms with van der Waals surface area (Å²) in [7, 11) is 0. The van der Waals surface area contributed by atoms with Crippen molar-refractivity contribution in [3.8, 4) is 0 Å². The molecule has 2 amide bonds. The Labute approximate surface area is 204 Å². The van der Waals surface area contributed by atoms with Crippen LogP contribution in [0.15, 0.2) is 78.9 Å². The van der Waals surface area contributed by atoms with Crippen molar-refractivity contribution in [2.45, 2.75) is 38.8 Å². The monoisotopic (exact) mass is 478 g/mol. The van der Waals surface area contributed by atoms with Gasteiger partial charge in [0, 0.05) is 18.1 Å². The normalized spacial score (nSPS) is 17.1. The average Bonchev–Trinajstić information content (AvgIpc) is 3.10. The van der Waals surface area contributed by atoms with Gasteiger partial charge in [-0.25, -0.2) is 4.39 Å². The fourth-order valence-electron chi connectivity index (χ4n) is 4.91. The molecule has 0 aromatic heterocycles. The molecule has 176 valence electrons. The van der Waals surface area contributed by atoms with Gasteiger partial charge in [0.2, 0.25) is 11.8 Å². The van der Waals surface area contributed by atoms with E-state index in [1.54, 1.807) is 11.0 Å². The first-order valence-corrected chi connectivity index (χ1v) is 11.9. The van der Waals surface area contributed by atoms with Gasteiger partial charge in [0.15, 0.2) is 0 Å². The van der Waals surface area contributed by atoms with Crippen LogP contribution < -0.4 is 5.32 Å². The molecule has 1 atom stereocenters. The predicted molar refractivity (Wildman–Crippen MR) is 132 cm³/mol. The molecule has 3 aromatic carbocycles. The minimum Gasteiger partial charge on any atom is -0.350 e. The van der Waals surface area contributed by atoms with Gasteiger partial charge in [0.05, 0.1) is 5.41 Å². The number of carbonyl (C=O) groups is 2. The third kappa shape index (κ3) is 5.15. The summed E-state index contributed by atoms with van der Waals surface area (Å²) in [5, 5.41) is 3.17. The van der Waals surface area contributed by atoms with Gasteiger partial charge in [-0.1, -0.05) is 78.3 Å². The molecule has 1 aliphatic heterocycles. The molecule has 0 spiro atoms. The number of amides is 2. The van der Waals surface area contributed by atoms with Crippen molar-refractivity contribution >= 4 is 23.4 Å². The van der Waals surface area contributed by atoms with Crippen LogP contribution in [0, 0.1) is 11.2 Å². The summed E-state index contributed by atoms with van der Waals surface area (Å²) in [5.74, 6) is -0.647. The van der Waals surface area contributed by atoms with Crippen LogP contribution in [0.5, 0.6) is 0 Å². The number of likely N-dealkylation sites (N-methyl/N-ethyl adjacent to an activating group) is 1. The van der Waals surface area contributed by atoms with E-state index >= 15 is 0 Å². The number of nitrogens with one attached hydrogen (secondary N) is 1. The molecule has 3 aromatic rings. The summed E-state index contributed by atoms with van der Waals surface area (Å²) in [6.07, 6.45) is 1.55. The zero-order valence-corrected chi connectivity index (χ0v) is 19.9. The fraction of sp³-hybridized carbons (Fsp3) is 0.286. The Kier molecular flexibility index (Phi) is 7.32. The minimum atomic E-state index is -0.714. The quantitative estimate of drug-likeness (QED) is 0.484. The molecule has 1 saturated heterocycles. The highest BCUT2D eigenvalue weighted by Crippen LogP contribution is 2.42. The highest BCUT2D eigenvalue weighted by atomic mass is 35.5. The molecule has 1 N–H and O–H groups in total.